The van der Waals surface area contributed by atoms with Gasteiger partial charge in [0.15, 0.2) is 5.96 Å². The predicted octanol–water partition coefficient (Wildman–Crippen LogP) is 3.02. The molecule has 1 aromatic rings. The van der Waals surface area contributed by atoms with Crippen molar-refractivity contribution in [2.75, 3.05) is 25.5 Å². The molecule has 1 heterocycles. The Labute approximate surface area is 162 Å². The molecule has 1 fully saturated rings. The highest BCUT2D eigenvalue weighted by molar-refractivity contribution is 14.0. The van der Waals surface area contributed by atoms with Crippen LogP contribution in [0.1, 0.15) is 37.8 Å². The standard InChI is InChI=1S/C15H23F3N6.HI/c1-19-13(23-11-5-3-2-4-6-11)21-9-10-22-14-20-8-7-12(24-14)15(16,17)18;/h7-8,11H,2-6,9-10H2,1H3,(H2,19,21,23)(H,20,22,24);1H. The minimum atomic E-state index is -4.47. The van der Waals surface area contributed by atoms with Crippen LogP contribution >= 0.6 is 24.0 Å². The Hall–Kier alpha value is -1.33. The number of guanidine groups is 1. The van der Waals surface area contributed by atoms with Crippen molar-refractivity contribution in [2.45, 2.75) is 44.3 Å². The van der Waals surface area contributed by atoms with E-state index in [-0.39, 0.29) is 29.9 Å². The zero-order chi connectivity index (χ0) is 17.4. The summed E-state index contributed by atoms with van der Waals surface area (Å²) in [5.74, 6) is 0.663. The second-order valence-electron chi connectivity index (χ2n) is 5.67. The first-order valence-corrected chi connectivity index (χ1v) is 8.10. The van der Waals surface area contributed by atoms with Gasteiger partial charge in [0.2, 0.25) is 5.95 Å². The van der Waals surface area contributed by atoms with Crippen LogP contribution < -0.4 is 16.0 Å². The van der Waals surface area contributed by atoms with Crippen LogP contribution in [0.4, 0.5) is 19.1 Å². The van der Waals surface area contributed by atoms with E-state index in [9.17, 15) is 13.2 Å². The minimum absolute atomic E-state index is 0. The Balaban J connectivity index is 0.00000312. The molecule has 0 aromatic carbocycles. The van der Waals surface area contributed by atoms with Crippen LogP contribution in [0.2, 0.25) is 0 Å². The Morgan fingerprint density at radius 3 is 2.60 bits per heavy atom. The summed E-state index contributed by atoms with van der Waals surface area (Å²) >= 11 is 0. The fourth-order valence-electron chi connectivity index (χ4n) is 2.59. The van der Waals surface area contributed by atoms with Crippen molar-refractivity contribution < 1.29 is 13.2 Å². The van der Waals surface area contributed by atoms with E-state index >= 15 is 0 Å². The van der Waals surface area contributed by atoms with Crippen LogP contribution in [-0.2, 0) is 6.18 Å². The smallest absolute Gasteiger partial charge is 0.355 e. The second-order valence-corrected chi connectivity index (χ2v) is 5.67. The third kappa shape index (κ3) is 7.61. The monoisotopic (exact) mass is 472 g/mol. The Bertz CT molecular complexity index is 546. The predicted molar refractivity (Wildman–Crippen MR) is 102 cm³/mol. The van der Waals surface area contributed by atoms with Crippen LogP contribution in [0, 0.1) is 0 Å². The molecule has 0 saturated heterocycles. The van der Waals surface area contributed by atoms with Crippen molar-refractivity contribution in [3.05, 3.63) is 18.0 Å². The molecule has 0 atom stereocenters. The van der Waals surface area contributed by atoms with E-state index in [0.29, 0.717) is 25.1 Å². The number of aliphatic imine (C=N–C) groups is 1. The molecule has 2 rings (SSSR count). The first kappa shape index (κ1) is 21.7. The van der Waals surface area contributed by atoms with Gasteiger partial charge < -0.3 is 16.0 Å². The number of hydrogen-bond donors (Lipinski definition) is 3. The lowest BCUT2D eigenvalue weighted by Gasteiger charge is -2.24. The van der Waals surface area contributed by atoms with Crippen molar-refractivity contribution >= 4 is 35.9 Å². The lowest BCUT2D eigenvalue weighted by molar-refractivity contribution is -0.141. The number of anilines is 1. The SMILES string of the molecule is CN=C(NCCNc1nccc(C(F)(F)F)n1)NC1CCCCC1.I. The maximum absolute atomic E-state index is 12.6. The van der Waals surface area contributed by atoms with Gasteiger partial charge in [-0.15, -0.1) is 24.0 Å². The fourth-order valence-corrected chi connectivity index (χ4v) is 2.59. The van der Waals surface area contributed by atoms with Gasteiger partial charge in [-0.2, -0.15) is 13.2 Å². The van der Waals surface area contributed by atoms with Crippen LogP contribution in [0.15, 0.2) is 17.3 Å². The number of alkyl halides is 3. The maximum Gasteiger partial charge on any atom is 0.433 e. The van der Waals surface area contributed by atoms with Gasteiger partial charge in [-0.25, -0.2) is 9.97 Å². The molecule has 10 heteroatoms. The second kappa shape index (κ2) is 10.6. The molecule has 142 valence electrons. The average Bonchev–Trinajstić information content (AvgIpc) is 2.58. The normalized spacial score (nSPS) is 16.1. The van der Waals surface area contributed by atoms with Crippen LogP contribution in [0.25, 0.3) is 0 Å². The lowest BCUT2D eigenvalue weighted by Crippen LogP contribution is -2.45. The molecule has 1 aromatic heterocycles. The number of hydrogen-bond acceptors (Lipinski definition) is 4. The molecule has 3 N–H and O–H groups in total. The Kier molecular flexibility index (Phi) is 9.22. The van der Waals surface area contributed by atoms with E-state index in [4.69, 9.17) is 0 Å². The number of rotatable bonds is 5. The Morgan fingerprint density at radius 1 is 1.24 bits per heavy atom. The summed E-state index contributed by atoms with van der Waals surface area (Å²) in [5, 5.41) is 9.27. The van der Waals surface area contributed by atoms with Gasteiger partial charge in [0.05, 0.1) is 0 Å². The number of aromatic nitrogens is 2. The summed E-state index contributed by atoms with van der Waals surface area (Å²) in [6.45, 7) is 0.874. The molecular formula is C15H24F3IN6. The molecule has 0 bridgehead atoms. The highest BCUT2D eigenvalue weighted by Crippen LogP contribution is 2.27. The minimum Gasteiger partial charge on any atom is -0.355 e. The lowest BCUT2D eigenvalue weighted by atomic mass is 9.96. The molecule has 0 unspecified atom stereocenters. The van der Waals surface area contributed by atoms with E-state index in [1.54, 1.807) is 7.05 Å². The molecule has 0 aliphatic heterocycles. The molecule has 1 aliphatic rings. The number of halogens is 4. The van der Waals surface area contributed by atoms with Crippen LogP contribution in [0.3, 0.4) is 0 Å². The van der Waals surface area contributed by atoms with Crippen molar-refractivity contribution in [1.82, 2.24) is 20.6 Å². The molecular weight excluding hydrogens is 448 g/mol. The third-order valence-corrected chi connectivity index (χ3v) is 3.82. The fraction of sp³-hybridized carbons (Fsp3) is 0.667. The first-order chi connectivity index (χ1) is 11.5. The summed E-state index contributed by atoms with van der Waals surface area (Å²) in [4.78, 5) is 11.4. The largest absolute Gasteiger partial charge is 0.433 e. The zero-order valence-corrected chi connectivity index (χ0v) is 16.4. The Morgan fingerprint density at radius 2 is 1.96 bits per heavy atom. The van der Waals surface area contributed by atoms with Gasteiger partial charge in [-0.05, 0) is 18.9 Å². The molecule has 1 aliphatic carbocycles. The summed E-state index contributed by atoms with van der Waals surface area (Å²) in [6.07, 6.45) is 2.63. The summed E-state index contributed by atoms with van der Waals surface area (Å²) < 4.78 is 37.7. The van der Waals surface area contributed by atoms with E-state index in [2.05, 4.69) is 30.9 Å². The van der Waals surface area contributed by atoms with Gasteiger partial charge in [-0.1, -0.05) is 19.3 Å². The van der Waals surface area contributed by atoms with Crippen LogP contribution in [-0.4, -0.2) is 42.1 Å². The molecule has 1 saturated carbocycles. The van der Waals surface area contributed by atoms with E-state index < -0.39 is 11.9 Å². The van der Waals surface area contributed by atoms with Crippen molar-refractivity contribution in [2.24, 2.45) is 4.99 Å². The molecule has 0 amide bonds. The highest BCUT2D eigenvalue weighted by atomic mass is 127. The molecule has 25 heavy (non-hydrogen) atoms. The van der Waals surface area contributed by atoms with Crippen LogP contribution in [0.5, 0.6) is 0 Å². The van der Waals surface area contributed by atoms with E-state index in [1.807, 2.05) is 0 Å². The first-order valence-electron chi connectivity index (χ1n) is 8.10. The van der Waals surface area contributed by atoms with E-state index in [1.165, 1.54) is 19.3 Å². The summed E-state index contributed by atoms with van der Waals surface area (Å²) in [5.41, 5.74) is -0.956. The van der Waals surface area contributed by atoms with Gasteiger partial charge in [0.1, 0.15) is 5.69 Å². The maximum atomic E-state index is 12.6. The highest BCUT2D eigenvalue weighted by Gasteiger charge is 2.32. The third-order valence-electron chi connectivity index (χ3n) is 3.82. The summed E-state index contributed by atoms with van der Waals surface area (Å²) in [6, 6.07) is 1.28. The number of nitrogens with one attached hydrogen (secondary N) is 3. The molecule has 0 spiro atoms. The van der Waals surface area contributed by atoms with E-state index in [0.717, 1.165) is 25.1 Å². The van der Waals surface area contributed by atoms with Gasteiger partial charge >= 0.3 is 6.18 Å². The quantitative estimate of drug-likeness (QED) is 0.266. The van der Waals surface area contributed by atoms with Gasteiger partial charge in [-0.3, -0.25) is 4.99 Å². The van der Waals surface area contributed by atoms with Gasteiger partial charge in [0.25, 0.3) is 0 Å². The topological polar surface area (TPSA) is 74.2 Å². The van der Waals surface area contributed by atoms with Gasteiger partial charge in [0, 0.05) is 32.4 Å². The number of nitrogens with zero attached hydrogens (tertiary/aromatic N) is 3. The molecule has 6 nitrogen and oxygen atoms in total. The average molecular weight is 472 g/mol. The zero-order valence-electron chi connectivity index (χ0n) is 14.1. The van der Waals surface area contributed by atoms with Crippen molar-refractivity contribution in [3.63, 3.8) is 0 Å². The van der Waals surface area contributed by atoms with Crippen molar-refractivity contribution in [1.29, 1.82) is 0 Å². The summed E-state index contributed by atoms with van der Waals surface area (Å²) in [7, 11) is 1.70. The molecule has 0 radical (unpaired) electrons. The van der Waals surface area contributed by atoms with Crippen molar-refractivity contribution in [3.8, 4) is 0 Å².